The van der Waals surface area contributed by atoms with Crippen LogP contribution >= 0.6 is 11.3 Å². The van der Waals surface area contributed by atoms with Gasteiger partial charge in [0, 0.05) is 13.6 Å². The zero-order chi connectivity index (χ0) is 21.3. The lowest BCUT2D eigenvalue weighted by atomic mass is 9.92. The topological polar surface area (TPSA) is 75.6 Å². The number of aliphatic imine (C=N–C) groups is 1. The van der Waals surface area contributed by atoms with Crippen molar-refractivity contribution in [2.45, 2.75) is 45.6 Å². The molecule has 1 saturated carbocycles. The van der Waals surface area contributed by atoms with E-state index in [0.717, 1.165) is 23.4 Å². The minimum absolute atomic E-state index is 0.0507. The molecule has 30 heavy (non-hydrogen) atoms. The highest BCUT2D eigenvalue weighted by Crippen LogP contribution is 2.59. The number of aryl methyl sites for hydroxylation is 2. The summed E-state index contributed by atoms with van der Waals surface area (Å²) in [6, 6.07) is 8.83. The molecule has 2 aliphatic carbocycles. The van der Waals surface area contributed by atoms with Gasteiger partial charge in [-0.15, -0.1) is 11.3 Å². The second kappa shape index (κ2) is 8.76. The molecular formula is C23H30N4O2S. The maximum Gasteiger partial charge on any atom is 0.350 e. The highest BCUT2D eigenvalue weighted by Gasteiger charge is 2.52. The van der Waals surface area contributed by atoms with Crippen molar-refractivity contribution in [3.63, 3.8) is 0 Å². The van der Waals surface area contributed by atoms with Crippen molar-refractivity contribution in [1.82, 2.24) is 15.6 Å². The number of benzene rings is 1. The molecule has 0 amide bonds. The van der Waals surface area contributed by atoms with Gasteiger partial charge in [-0.05, 0) is 62.5 Å². The summed E-state index contributed by atoms with van der Waals surface area (Å²) in [4.78, 5) is 21.6. The van der Waals surface area contributed by atoms with Crippen molar-refractivity contribution < 1.29 is 9.53 Å². The van der Waals surface area contributed by atoms with Gasteiger partial charge in [0.1, 0.15) is 9.88 Å². The summed E-state index contributed by atoms with van der Waals surface area (Å²) in [6.45, 7) is 6.97. The lowest BCUT2D eigenvalue weighted by Gasteiger charge is -2.16. The Labute approximate surface area is 182 Å². The molecule has 7 heteroatoms. The van der Waals surface area contributed by atoms with Gasteiger partial charge in [-0.1, -0.05) is 24.3 Å². The molecule has 0 aliphatic heterocycles. The minimum atomic E-state index is -0.301. The van der Waals surface area contributed by atoms with Crippen LogP contribution in [-0.2, 0) is 11.2 Å². The van der Waals surface area contributed by atoms with Gasteiger partial charge in [0.15, 0.2) is 5.96 Å². The van der Waals surface area contributed by atoms with Crippen LogP contribution in [0.2, 0.25) is 0 Å². The van der Waals surface area contributed by atoms with E-state index in [1.165, 1.54) is 29.7 Å². The molecule has 1 fully saturated rings. The predicted octanol–water partition coefficient (Wildman–Crippen LogP) is 3.83. The van der Waals surface area contributed by atoms with Crippen LogP contribution in [-0.4, -0.2) is 37.1 Å². The van der Waals surface area contributed by atoms with E-state index >= 15 is 0 Å². The SMILES string of the molecule is CCOC(=O)c1sc(C(C)NC(=NC)NCC2C3CCc4ccccc4C32)nc1C. The first-order valence-corrected chi connectivity index (χ1v) is 11.5. The molecule has 1 heterocycles. The first-order valence-electron chi connectivity index (χ1n) is 10.7. The van der Waals surface area contributed by atoms with E-state index in [9.17, 15) is 4.79 Å². The third-order valence-corrected chi connectivity index (χ3v) is 7.54. The number of thiazole rings is 1. The van der Waals surface area contributed by atoms with Crippen molar-refractivity contribution in [1.29, 1.82) is 0 Å². The Morgan fingerprint density at radius 3 is 2.97 bits per heavy atom. The van der Waals surface area contributed by atoms with E-state index < -0.39 is 0 Å². The van der Waals surface area contributed by atoms with Crippen LogP contribution in [0.3, 0.4) is 0 Å². The van der Waals surface area contributed by atoms with Gasteiger partial charge in [-0.3, -0.25) is 4.99 Å². The molecular weight excluding hydrogens is 396 g/mol. The van der Waals surface area contributed by atoms with Crippen molar-refractivity contribution in [2.24, 2.45) is 16.8 Å². The summed E-state index contributed by atoms with van der Waals surface area (Å²) in [5.74, 6) is 2.61. The van der Waals surface area contributed by atoms with Gasteiger partial charge >= 0.3 is 5.97 Å². The van der Waals surface area contributed by atoms with Gasteiger partial charge in [-0.25, -0.2) is 9.78 Å². The van der Waals surface area contributed by atoms with Gasteiger partial charge in [0.2, 0.25) is 0 Å². The average molecular weight is 427 g/mol. The molecule has 0 saturated heterocycles. The van der Waals surface area contributed by atoms with Crippen LogP contribution in [0.25, 0.3) is 0 Å². The Bertz CT molecular complexity index is 954. The second-order valence-corrected chi connectivity index (χ2v) is 9.13. The molecule has 1 aromatic heterocycles. The van der Waals surface area contributed by atoms with Gasteiger partial charge in [0.05, 0.1) is 18.3 Å². The second-order valence-electron chi connectivity index (χ2n) is 8.10. The van der Waals surface area contributed by atoms with Gasteiger partial charge in [0.25, 0.3) is 0 Å². The molecule has 4 rings (SSSR count). The number of carbonyl (C=O) groups is 1. The smallest absolute Gasteiger partial charge is 0.350 e. The monoisotopic (exact) mass is 426 g/mol. The first-order chi connectivity index (χ1) is 14.5. The highest BCUT2D eigenvalue weighted by atomic mass is 32.1. The van der Waals surface area contributed by atoms with Crippen LogP contribution < -0.4 is 10.6 Å². The summed E-state index contributed by atoms with van der Waals surface area (Å²) in [7, 11) is 1.79. The summed E-state index contributed by atoms with van der Waals surface area (Å²) in [6.07, 6.45) is 2.48. The molecule has 160 valence electrons. The average Bonchev–Trinajstić information content (AvgIpc) is 3.33. The first kappa shape index (κ1) is 20.8. The zero-order valence-corrected chi connectivity index (χ0v) is 18.9. The fourth-order valence-electron chi connectivity index (χ4n) is 4.65. The number of nitrogens with zero attached hydrogens (tertiary/aromatic N) is 2. The Morgan fingerprint density at radius 1 is 1.40 bits per heavy atom. The third-order valence-electron chi connectivity index (χ3n) is 6.22. The van der Waals surface area contributed by atoms with Gasteiger partial charge in [-0.2, -0.15) is 0 Å². The number of aromatic nitrogens is 1. The Balaban J connectivity index is 1.34. The maximum atomic E-state index is 12.1. The predicted molar refractivity (Wildman–Crippen MR) is 120 cm³/mol. The molecule has 4 unspecified atom stereocenters. The molecule has 4 atom stereocenters. The summed E-state index contributed by atoms with van der Waals surface area (Å²) in [5, 5.41) is 7.77. The quantitative estimate of drug-likeness (QED) is 0.417. The van der Waals surface area contributed by atoms with Crippen molar-refractivity contribution >= 4 is 23.3 Å². The van der Waals surface area contributed by atoms with Crippen LogP contribution in [0.15, 0.2) is 29.3 Å². The molecule has 2 aliphatic rings. The molecule has 2 aromatic rings. The number of ether oxygens (including phenoxy) is 1. The fourth-order valence-corrected chi connectivity index (χ4v) is 5.62. The number of carbonyl (C=O) groups excluding carboxylic acids is 1. The molecule has 0 bridgehead atoms. The van der Waals surface area contributed by atoms with Crippen LogP contribution in [0.4, 0.5) is 0 Å². The largest absolute Gasteiger partial charge is 0.462 e. The fraction of sp³-hybridized carbons (Fsp3) is 0.522. The van der Waals surface area contributed by atoms with Crippen molar-refractivity contribution in [3.8, 4) is 0 Å². The number of fused-ring (bicyclic) bond motifs is 3. The van der Waals surface area contributed by atoms with Crippen molar-refractivity contribution in [3.05, 3.63) is 51.0 Å². The Kier molecular flexibility index (Phi) is 6.09. The summed E-state index contributed by atoms with van der Waals surface area (Å²) >= 11 is 1.38. The van der Waals surface area contributed by atoms with E-state index in [0.29, 0.717) is 29.0 Å². The standard InChI is InChI=1S/C23H30N4O2S/c1-5-29-22(28)20-13(2)26-21(30-20)14(3)27-23(24-4)25-12-18-17-11-10-15-8-6-7-9-16(15)19(17)18/h6-9,14,17-19H,5,10-12H2,1-4H3,(H2,24,25,27). The minimum Gasteiger partial charge on any atom is -0.462 e. The van der Waals surface area contributed by atoms with Crippen LogP contribution in [0, 0.1) is 18.8 Å². The lowest BCUT2D eigenvalue weighted by Crippen LogP contribution is -2.39. The van der Waals surface area contributed by atoms with E-state index in [1.807, 2.05) is 20.8 Å². The number of nitrogens with one attached hydrogen (secondary N) is 2. The Hall–Kier alpha value is -2.41. The third kappa shape index (κ3) is 4.08. The lowest BCUT2D eigenvalue weighted by molar-refractivity contribution is 0.0531. The Morgan fingerprint density at radius 2 is 2.20 bits per heavy atom. The van der Waals surface area contributed by atoms with E-state index in [1.54, 1.807) is 12.6 Å². The van der Waals surface area contributed by atoms with Crippen LogP contribution in [0.1, 0.15) is 63.7 Å². The molecule has 6 nitrogen and oxygen atoms in total. The summed E-state index contributed by atoms with van der Waals surface area (Å²) < 4.78 is 5.12. The zero-order valence-electron chi connectivity index (χ0n) is 18.1. The number of hydrogen-bond donors (Lipinski definition) is 2. The number of rotatable bonds is 6. The summed E-state index contributed by atoms with van der Waals surface area (Å²) in [5.41, 5.74) is 3.78. The van der Waals surface area contributed by atoms with E-state index in [-0.39, 0.29) is 12.0 Å². The molecule has 0 spiro atoms. The van der Waals surface area contributed by atoms with Gasteiger partial charge < -0.3 is 15.4 Å². The van der Waals surface area contributed by atoms with Crippen LogP contribution in [0.5, 0.6) is 0 Å². The number of esters is 1. The number of hydrogen-bond acceptors (Lipinski definition) is 5. The maximum absolute atomic E-state index is 12.1. The normalized spacial score (nSPS) is 23.2. The molecule has 0 radical (unpaired) electrons. The van der Waals surface area contributed by atoms with Crippen molar-refractivity contribution in [2.75, 3.05) is 20.2 Å². The number of guanidine groups is 1. The van der Waals surface area contributed by atoms with E-state index in [4.69, 9.17) is 4.74 Å². The van der Waals surface area contributed by atoms with E-state index in [2.05, 4.69) is 44.9 Å². The molecule has 2 N–H and O–H groups in total. The highest BCUT2D eigenvalue weighted by molar-refractivity contribution is 7.13. The molecule has 1 aromatic carbocycles.